The first-order valence-electron chi connectivity index (χ1n) is 7.36. The van der Waals surface area contributed by atoms with E-state index in [-0.39, 0.29) is 30.2 Å². The van der Waals surface area contributed by atoms with Gasteiger partial charge in [-0.05, 0) is 32.1 Å². The van der Waals surface area contributed by atoms with E-state index in [0.29, 0.717) is 25.9 Å². The molecule has 0 atom stereocenters. The van der Waals surface area contributed by atoms with Crippen LogP contribution in [0, 0.1) is 5.92 Å². The third-order valence-electron chi connectivity index (χ3n) is 3.92. The number of carbonyl (C=O) groups excluding carboxylic acids is 2. The highest BCUT2D eigenvalue weighted by molar-refractivity contribution is 5.81. The van der Waals surface area contributed by atoms with Crippen LogP contribution in [-0.4, -0.2) is 46.9 Å². The number of nitrogens with one attached hydrogen (secondary N) is 1. The molecule has 0 radical (unpaired) electrons. The summed E-state index contributed by atoms with van der Waals surface area (Å²) in [6.45, 7) is 1.31. The van der Waals surface area contributed by atoms with Crippen molar-refractivity contribution in [3.63, 3.8) is 0 Å². The fourth-order valence-corrected chi connectivity index (χ4v) is 2.49. The van der Waals surface area contributed by atoms with Crippen LogP contribution in [0.4, 0.5) is 0 Å². The van der Waals surface area contributed by atoms with Crippen molar-refractivity contribution >= 4 is 17.8 Å². The van der Waals surface area contributed by atoms with Crippen LogP contribution in [0.15, 0.2) is 0 Å². The lowest BCUT2D eigenvalue weighted by molar-refractivity contribution is -0.137. The summed E-state index contributed by atoms with van der Waals surface area (Å²) in [6.07, 6.45) is 4.34. The molecule has 1 saturated heterocycles. The normalized spacial score (nSPS) is 19.7. The molecule has 0 aromatic carbocycles. The van der Waals surface area contributed by atoms with Crippen molar-refractivity contribution in [2.24, 2.45) is 5.92 Å². The number of carboxylic acid groups (broad SMARTS) is 1. The topological polar surface area (TPSA) is 86.7 Å². The molecule has 0 bridgehead atoms. The van der Waals surface area contributed by atoms with Crippen LogP contribution in [0.1, 0.15) is 44.9 Å². The Balaban J connectivity index is 1.63. The lowest BCUT2D eigenvalue weighted by Gasteiger charge is -2.32. The van der Waals surface area contributed by atoms with E-state index in [1.54, 1.807) is 4.90 Å². The second kappa shape index (κ2) is 6.72. The summed E-state index contributed by atoms with van der Waals surface area (Å²) in [7, 11) is 0. The molecule has 0 aromatic heterocycles. The SMILES string of the molecule is O=C(O)CCCC(=O)N1CCC(NC(=O)C2CC2)CC1. The highest BCUT2D eigenvalue weighted by atomic mass is 16.4. The molecule has 2 N–H and O–H groups in total. The Morgan fingerprint density at radius 1 is 1.05 bits per heavy atom. The van der Waals surface area contributed by atoms with E-state index in [4.69, 9.17) is 5.11 Å². The van der Waals surface area contributed by atoms with E-state index in [2.05, 4.69) is 5.32 Å². The number of amides is 2. The molecule has 112 valence electrons. The largest absolute Gasteiger partial charge is 0.481 e. The second-order valence-electron chi connectivity index (χ2n) is 5.69. The number of piperidine rings is 1. The van der Waals surface area contributed by atoms with Crippen LogP contribution in [0.5, 0.6) is 0 Å². The molecular weight excluding hydrogens is 260 g/mol. The van der Waals surface area contributed by atoms with Crippen molar-refractivity contribution in [3.05, 3.63) is 0 Å². The van der Waals surface area contributed by atoms with Gasteiger partial charge >= 0.3 is 5.97 Å². The highest BCUT2D eigenvalue weighted by Crippen LogP contribution is 2.29. The van der Waals surface area contributed by atoms with E-state index in [1.165, 1.54) is 0 Å². The Kier molecular flexibility index (Phi) is 4.98. The molecule has 0 spiro atoms. The molecule has 6 nitrogen and oxygen atoms in total. The van der Waals surface area contributed by atoms with Gasteiger partial charge in [-0.3, -0.25) is 14.4 Å². The van der Waals surface area contributed by atoms with Crippen LogP contribution in [0.25, 0.3) is 0 Å². The summed E-state index contributed by atoms with van der Waals surface area (Å²) in [4.78, 5) is 35.7. The van der Waals surface area contributed by atoms with E-state index >= 15 is 0 Å². The number of carboxylic acids is 1. The number of hydrogen-bond acceptors (Lipinski definition) is 3. The van der Waals surface area contributed by atoms with Gasteiger partial charge in [0.15, 0.2) is 0 Å². The van der Waals surface area contributed by atoms with Gasteiger partial charge in [0.25, 0.3) is 0 Å². The zero-order valence-corrected chi connectivity index (χ0v) is 11.6. The summed E-state index contributed by atoms with van der Waals surface area (Å²) < 4.78 is 0. The van der Waals surface area contributed by atoms with Gasteiger partial charge < -0.3 is 15.3 Å². The predicted octanol–water partition coefficient (Wildman–Crippen LogP) is 0.759. The van der Waals surface area contributed by atoms with E-state index in [1.807, 2.05) is 0 Å². The Hall–Kier alpha value is -1.59. The Bertz CT molecular complexity index is 385. The molecule has 2 fully saturated rings. The molecule has 1 aliphatic heterocycles. The fraction of sp³-hybridized carbons (Fsp3) is 0.786. The molecule has 0 unspecified atom stereocenters. The minimum atomic E-state index is -0.862. The second-order valence-corrected chi connectivity index (χ2v) is 5.69. The summed E-state index contributed by atoms with van der Waals surface area (Å²) >= 11 is 0. The fourth-order valence-electron chi connectivity index (χ4n) is 2.49. The van der Waals surface area contributed by atoms with Crippen LogP contribution < -0.4 is 5.32 Å². The summed E-state index contributed by atoms with van der Waals surface area (Å²) in [6, 6.07) is 0.186. The minimum Gasteiger partial charge on any atom is -0.481 e. The highest BCUT2D eigenvalue weighted by Gasteiger charge is 2.32. The van der Waals surface area contributed by atoms with E-state index in [0.717, 1.165) is 25.7 Å². The third kappa shape index (κ3) is 4.51. The van der Waals surface area contributed by atoms with Crippen molar-refractivity contribution in [1.82, 2.24) is 10.2 Å². The van der Waals surface area contributed by atoms with Gasteiger partial charge in [-0.15, -0.1) is 0 Å². The van der Waals surface area contributed by atoms with Gasteiger partial charge in [-0.2, -0.15) is 0 Å². The Labute approximate surface area is 118 Å². The maximum Gasteiger partial charge on any atom is 0.303 e. The van der Waals surface area contributed by atoms with Gasteiger partial charge in [0.1, 0.15) is 0 Å². The van der Waals surface area contributed by atoms with Crippen molar-refractivity contribution in [2.75, 3.05) is 13.1 Å². The van der Waals surface area contributed by atoms with Crippen molar-refractivity contribution in [1.29, 1.82) is 0 Å². The van der Waals surface area contributed by atoms with Gasteiger partial charge in [0.2, 0.25) is 11.8 Å². The lowest BCUT2D eigenvalue weighted by Crippen LogP contribution is -2.46. The lowest BCUT2D eigenvalue weighted by atomic mass is 10.0. The van der Waals surface area contributed by atoms with Crippen molar-refractivity contribution in [2.45, 2.75) is 51.0 Å². The molecule has 1 aliphatic carbocycles. The minimum absolute atomic E-state index is 0.0261. The standard InChI is InChI=1S/C14H22N2O4/c17-12(2-1-3-13(18)19)16-8-6-11(7-9-16)15-14(20)10-4-5-10/h10-11H,1-9H2,(H,15,20)(H,18,19). The Morgan fingerprint density at radius 2 is 1.70 bits per heavy atom. The number of carbonyl (C=O) groups is 3. The number of nitrogens with zero attached hydrogens (tertiary/aromatic N) is 1. The van der Waals surface area contributed by atoms with Crippen LogP contribution >= 0.6 is 0 Å². The third-order valence-corrected chi connectivity index (χ3v) is 3.92. The van der Waals surface area contributed by atoms with Crippen molar-refractivity contribution < 1.29 is 19.5 Å². The maximum absolute atomic E-state index is 11.9. The summed E-state index contributed by atoms with van der Waals surface area (Å²) in [5, 5.41) is 11.6. The van der Waals surface area contributed by atoms with E-state index in [9.17, 15) is 14.4 Å². The Morgan fingerprint density at radius 3 is 2.25 bits per heavy atom. The average Bonchev–Trinajstić information content (AvgIpc) is 3.23. The number of likely N-dealkylation sites (tertiary alicyclic amines) is 1. The molecule has 2 aliphatic rings. The maximum atomic E-state index is 11.9. The zero-order valence-electron chi connectivity index (χ0n) is 11.6. The van der Waals surface area contributed by atoms with Crippen LogP contribution in [0.3, 0.4) is 0 Å². The first kappa shape index (κ1) is 14.8. The van der Waals surface area contributed by atoms with Gasteiger partial charge in [-0.25, -0.2) is 0 Å². The molecule has 1 heterocycles. The van der Waals surface area contributed by atoms with Gasteiger partial charge in [0, 0.05) is 37.9 Å². The molecule has 2 rings (SSSR count). The average molecular weight is 282 g/mol. The number of hydrogen-bond donors (Lipinski definition) is 2. The van der Waals surface area contributed by atoms with E-state index < -0.39 is 5.97 Å². The first-order valence-corrected chi connectivity index (χ1v) is 7.36. The van der Waals surface area contributed by atoms with Gasteiger partial charge in [-0.1, -0.05) is 0 Å². The first-order chi connectivity index (χ1) is 9.56. The summed E-state index contributed by atoms with van der Waals surface area (Å²) in [5.41, 5.74) is 0. The number of rotatable bonds is 6. The smallest absolute Gasteiger partial charge is 0.303 e. The molecular formula is C14H22N2O4. The van der Waals surface area contributed by atoms with Crippen molar-refractivity contribution in [3.8, 4) is 0 Å². The quantitative estimate of drug-likeness (QED) is 0.753. The molecule has 2 amide bonds. The molecule has 6 heteroatoms. The summed E-state index contributed by atoms with van der Waals surface area (Å²) in [5.74, 6) is -0.445. The molecule has 0 aromatic rings. The molecule has 20 heavy (non-hydrogen) atoms. The monoisotopic (exact) mass is 282 g/mol. The van der Waals surface area contributed by atoms with Crippen LogP contribution in [0.2, 0.25) is 0 Å². The van der Waals surface area contributed by atoms with Crippen LogP contribution in [-0.2, 0) is 14.4 Å². The zero-order chi connectivity index (χ0) is 14.5. The number of aliphatic carboxylic acids is 1. The van der Waals surface area contributed by atoms with Gasteiger partial charge in [0.05, 0.1) is 0 Å². The predicted molar refractivity (Wildman–Crippen MR) is 72.0 cm³/mol. The molecule has 1 saturated carbocycles.